The highest BCUT2D eigenvalue weighted by Gasteiger charge is 2.28. The molecule has 1 atom stereocenters. The second kappa shape index (κ2) is 6.42. The average Bonchev–Trinajstić information content (AvgIpc) is 2.45. The van der Waals surface area contributed by atoms with Gasteiger partial charge in [-0.25, -0.2) is 0 Å². The number of phenolic OH excluding ortho intramolecular Hbond substituents is 1. The van der Waals surface area contributed by atoms with E-state index in [1.165, 1.54) is 6.07 Å². The van der Waals surface area contributed by atoms with Crippen molar-refractivity contribution in [1.82, 2.24) is 4.90 Å². The van der Waals surface area contributed by atoms with E-state index >= 15 is 0 Å². The van der Waals surface area contributed by atoms with Crippen LogP contribution in [-0.4, -0.2) is 29.0 Å². The molecule has 0 aliphatic carbocycles. The number of hydrogen-bond acceptors (Lipinski definition) is 2. The van der Waals surface area contributed by atoms with E-state index in [9.17, 15) is 9.90 Å². The van der Waals surface area contributed by atoms with Crippen molar-refractivity contribution in [2.24, 2.45) is 5.92 Å². The number of rotatable bonds is 2. The fraction of sp³-hybridized carbons (Fsp3) is 0.500. The maximum absolute atomic E-state index is 12.6. The number of nitrogens with zero attached hydrogens (tertiary/aromatic N) is 1. The Morgan fingerprint density at radius 1 is 1.40 bits per heavy atom. The maximum Gasteiger partial charge on any atom is 0.259 e. The van der Waals surface area contributed by atoms with Crippen LogP contribution in [0, 0.1) is 5.92 Å². The fourth-order valence-corrected chi connectivity index (χ4v) is 3.21. The van der Waals surface area contributed by atoms with Gasteiger partial charge in [-0.05, 0) is 24.8 Å². The van der Waals surface area contributed by atoms with Crippen molar-refractivity contribution in [3.63, 3.8) is 0 Å². The number of aromatic hydroxyl groups is 1. The Labute approximate surface area is 133 Å². The van der Waals surface area contributed by atoms with Crippen LogP contribution in [0.5, 0.6) is 5.75 Å². The molecular weight excluding hydrogens is 321 g/mol. The van der Waals surface area contributed by atoms with Crippen molar-refractivity contribution in [2.45, 2.75) is 26.2 Å². The van der Waals surface area contributed by atoms with Crippen LogP contribution < -0.4 is 0 Å². The Hall–Kier alpha value is -0.640. The largest absolute Gasteiger partial charge is 0.505 e. The molecule has 6 heteroatoms. The van der Waals surface area contributed by atoms with Gasteiger partial charge in [0.05, 0.1) is 15.1 Å². The molecule has 1 fully saturated rings. The molecule has 1 heterocycles. The SMILES string of the molecule is CCC1CCCN(C(=O)c2c(O)c(Cl)cc(Cl)c2Cl)C1. The van der Waals surface area contributed by atoms with Crippen LogP contribution in [-0.2, 0) is 0 Å². The summed E-state index contributed by atoms with van der Waals surface area (Å²) >= 11 is 17.9. The summed E-state index contributed by atoms with van der Waals surface area (Å²) in [7, 11) is 0. The first-order valence-electron chi connectivity index (χ1n) is 6.61. The highest BCUT2D eigenvalue weighted by molar-refractivity contribution is 6.45. The zero-order valence-corrected chi connectivity index (χ0v) is 13.4. The van der Waals surface area contributed by atoms with Gasteiger partial charge in [-0.2, -0.15) is 0 Å². The maximum atomic E-state index is 12.6. The zero-order chi connectivity index (χ0) is 14.9. The molecule has 1 amide bonds. The Bertz CT molecular complexity index is 507. The van der Waals surface area contributed by atoms with Gasteiger partial charge in [-0.1, -0.05) is 48.1 Å². The fourth-order valence-electron chi connectivity index (χ4n) is 2.52. The van der Waals surface area contributed by atoms with Crippen molar-refractivity contribution in [3.8, 4) is 5.75 Å². The number of piperidine rings is 1. The summed E-state index contributed by atoms with van der Waals surface area (Å²) in [5, 5.41) is 10.3. The minimum Gasteiger partial charge on any atom is -0.505 e. The van der Waals surface area contributed by atoms with Gasteiger partial charge in [0.15, 0.2) is 0 Å². The smallest absolute Gasteiger partial charge is 0.259 e. The van der Waals surface area contributed by atoms with Crippen LogP contribution in [0.15, 0.2) is 6.07 Å². The van der Waals surface area contributed by atoms with Gasteiger partial charge in [-0.3, -0.25) is 4.79 Å². The molecule has 3 nitrogen and oxygen atoms in total. The number of carbonyl (C=O) groups excluding carboxylic acids is 1. The quantitative estimate of drug-likeness (QED) is 0.801. The summed E-state index contributed by atoms with van der Waals surface area (Å²) in [5.41, 5.74) is 0.000852. The summed E-state index contributed by atoms with van der Waals surface area (Å²) in [6, 6.07) is 1.34. The van der Waals surface area contributed by atoms with E-state index in [1.807, 2.05) is 0 Å². The lowest BCUT2D eigenvalue weighted by Gasteiger charge is -2.32. The van der Waals surface area contributed by atoms with Gasteiger partial charge in [0.1, 0.15) is 11.3 Å². The van der Waals surface area contributed by atoms with Crippen LogP contribution in [0.1, 0.15) is 36.5 Å². The molecule has 1 unspecified atom stereocenters. The molecule has 1 aliphatic heterocycles. The highest BCUT2D eigenvalue weighted by Crippen LogP contribution is 2.39. The van der Waals surface area contributed by atoms with Gasteiger partial charge in [0.2, 0.25) is 0 Å². The molecule has 2 rings (SSSR count). The van der Waals surface area contributed by atoms with E-state index in [-0.39, 0.29) is 32.3 Å². The average molecular weight is 337 g/mol. The number of carbonyl (C=O) groups is 1. The van der Waals surface area contributed by atoms with Crippen molar-refractivity contribution < 1.29 is 9.90 Å². The molecule has 110 valence electrons. The Morgan fingerprint density at radius 3 is 2.75 bits per heavy atom. The van der Waals surface area contributed by atoms with Crippen LogP contribution in [0.25, 0.3) is 0 Å². The molecule has 0 aromatic heterocycles. The summed E-state index contributed by atoms with van der Waals surface area (Å²) in [4.78, 5) is 14.3. The number of hydrogen-bond donors (Lipinski definition) is 1. The molecule has 1 aliphatic rings. The second-order valence-electron chi connectivity index (χ2n) is 5.05. The Kier molecular flexibility index (Phi) is 5.05. The second-order valence-corrected chi connectivity index (χ2v) is 6.24. The van der Waals surface area contributed by atoms with Crippen molar-refractivity contribution in [2.75, 3.05) is 13.1 Å². The zero-order valence-electron chi connectivity index (χ0n) is 11.1. The standard InChI is InChI=1S/C14H16Cl3NO2/c1-2-8-4-3-5-18(7-8)14(20)11-12(17)9(15)6-10(16)13(11)19/h6,8,19H,2-5,7H2,1H3. The molecule has 0 spiro atoms. The molecule has 1 aromatic carbocycles. The lowest BCUT2D eigenvalue weighted by molar-refractivity contribution is 0.0668. The molecular formula is C14H16Cl3NO2. The Balaban J connectivity index is 2.34. The molecule has 0 radical (unpaired) electrons. The van der Waals surface area contributed by atoms with Crippen molar-refractivity contribution >= 4 is 40.7 Å². The van der Waals surface area contributed by atoms with Crippen LogP contribution in [0.4, 0.5) is 0 Å². The van der Waals surface area contributed by atoms with Crippen molar-refractivity contribution in [1.29, 1.82) is 0 Å². The number of likely N-dealkylation sites (tertiary alicyclic amines) is 1. The molecule has 0 bridgehead atoms. The molecule has 1 N–H and O–H groups in total. The van der Waals surface area contributed by atoms with E-state index in [4.69, 9.17) is 34.8 Å². The van der Waals surface area contributed by atoms with Gasteiger partial charge in [-0.15, -0.1) is 0 Å². The normalized spacial score (nSPS) is 19.2. The monoisotopic (exact) mass is 335 g/mol. The molecule has 1 saturated heterocycles. The van der Waals surface area contributed by atoms with Gasteiger partial charge in [0, 0.05) is 13.1 Å². The van der Waals surface area contributed by atoms with E-state index in [1.54, 1.807) is 4.90 Å². The van der Waals surface area contributed by atoms with Crippen molar-refractivity contribution in [3.05, 3.63) is 26.7 Å². The predicted octanol–water partition coefficient (Wildman–Crippen LogP) is 4.61. The van der Waals surface area contributed by atoms with E-state index in [0.29, 0.717) is 19.0 Å². The van der Waals surface area contributed by atoms with Gasteiger partial charge >= 0.3 is 0 Å². The topological polar surface area (TPSA) is 40.5 Å². The molecule has 20 heavy (non-hydrogen) atoms. The minimum absolute atomic E-state index is 0.000852. The molecule has 0 saturated carbocycles. The number of phenols is 1. The first-order valence-corrected chi connectivity index (χ1v) is 7.74. The third-order valence-electron chi connectivity index (χ3n) is 3.74. The third kappa shape index (κ3) is 3.00. The number of benzene rings is 1. The number of amides is 1. The predicted molar refractivity (Wildman–Crippen MR) is 82.1 cm³/mol. The summed E-state index contributed by atoms with van der Waals surface area (Å²) in [6.07, 6.45) is 3.10. The van der Waals surface area contributed by atoms with Gasteiger partial charge < -0.3 is 10.0 Å². The third-order valence-corrected chi connectivity index (χ3v) is 4.82. The Morgan fingerprint density at radius 2 is 2.10 bits per heavy atom. The summed E-state index contributed by atoms with van der Waals surface area (Å²) in [5.74, 6) is -0.122. The minimum atomic E-state index is -0.310. The van der Waals surface area contributed by atoms with E-state index in [0.717, 1.165) is 19.3 Å². The van der Waals surface area contributed by atoms with E-state index in [2.05, 4.69) is 6.92 Å². The number of halogens is 3. The first-order chi connectivity index (χ1) is 9.45. The lowest BCUT2D eigenvalue weighted by Crippen LogP contribution is -2.39. The van der Waals surface area contributed by atoms with Crippen LogP contribution in [0.3, 0.4) is 0 Å². The van der Waals surface area contributed by atoms with E-state index < -0.39 is 0 Å². The summed E-state index contributed by atoms with van der Waals surface area (Å²) in [6.45, 7) is 3.45. The lowest BCUT2D eigenvalue weighted by atomic mass is 9.95. The highest BCUT2D eigenvalue weighted by atomic mass is 35.5. The molecule has 1 aromatic rings. The van der Waals surface area contributed by atoms with Crippen LogP contribution in [0.2, 0.25) is 15.1 Å². The van der Waals surface area contributed by atoms with Crippen LogP contribution >= 0.6 is 34.8 Å². The first kappa shape index (κ1) is 15.7. The summed E-state index contributed by atoms with van der Waals surface area (Å²) < 4.78 is 0. The van der Waals surface area contributed by atoms with Gasteiger partial charge in [0.25, 0.3) is 5.91 Å².